The highest BCUT2D eigenvalue weighted by atomic mass is 19.1. The first-order chi connectivity index (χ1) is 10.8. The van der Waals surface area contributed by atoms with Crippen molar-refractivity contribution in [2.45, 2.75) is 6.17 Å². The van der Waals surface area contributed by atoms with Crippen LogP contribution in [0.15, 0.2) is 48.8 Å². The van der Waals surface area contributed by atoms with E-state index in [1.54, 1.807) is 12.4 Å². The summed E-state index contributed by atoms with van der Waals surface area (Å²) >= 11 is 0. The number of aromatic nitrogens is 3. The van der Waals surface area contributed by atoms with Crippen LogP contribution < -0.4 is 5.32 Å². The summed E-state index contributed by atoms with van der Waals surface area (Å²) in [5.41, 5.74) is 1.55. The number of aliphatic hydroxyl groups is 1. The maximum absolute atomic E-state index is 13.3. The Balaban J connectivity index is 2.04. The topological polar surface area (TPSA) is 70.9 Å². The van der Waals surface area contributed by atoms with Crippen LogP contribution in [0.5, 0.6) is 0 Å². The van der Waals surface area contributed by atoms with Gasteiger partial charge >= 0.3 is 0 Å². The molecule has 0 radical (unpaired) electrons. The molecule has 112 valence electrons. The van der Waals surface area contributed by atoms with Crippen molar-refractivity contribution in [1.82, 2.24) is 15.0 Å². The molecule has 0 aliphatic heterocycles. The van der Waals surface area contributed by atoms with Crippen LogP contribution in [0.25, 0.3) is 22.3 Å². The van der Waals surface area contributed by atoms with Crippen molar-refractivity contribution in [3.05, 3.63) is 48.8 Å². The van der Waals surface area contributed by atoms with Gasteiger partial charge in [-0.05, 0) is 24.3 Å². The largest absolute Gasteiger partial charge is 0.393 e. The number of benzene rings is 1. The zero-order chi connectivity index (χ0) is 15.4. The van der Waals surface area contributed by atoms with Gasteiger partial charge in [0.1, 0.15) is 12.0 Å². The number of alkyl halides is 1. The Hall–Kier alpha value is -2.60. The highest BCUT2D eigenvalue weighted by Gasteiger charge is 2.11. The number of anilines is 1. The summed E-state index contributed by atoms with van der Waals surface area (Å²) in [5.74, 6) is 1.06. The molecule has 0 aliphatic rings. The Kier molecular flexibility index (Phi) is 4.20. The summed E-state index contributed by atoms with van der Waals surface area (Å²) in [4.78, 5) is 13.1. The van der Waals surface area contributed by atoms with Gasteiger partial charge in [0.15, 0.2) is 5.82 Å². The van der Waals surface area contributed by atoms with E-state index in [-0.39, 0.29) is 6.54 Å². The number of nitrogens with zero attached hydrogens (tertiary/aromatic N) is 3. The van der Waals surface area contributed by atoms with Crippen LogP contribution in [0.3, 0.4) is 0 Å². The fourth-order valence-electron chi connectivity index (χ4n) is 2.11. The molecule has 1 atom stereocenters. The lowest BCUT2D eigenvalue weighted by atomic mass is 10.2. The molecule has 0 saturated carbocycles. The molecule has 0 aliphatic carbocycles. The molecule has 2 heterocycles. The molecule has 2 N–H and O–H groups in total. The molecule has 3 aromatic rings. The fourth-order valence-corrected chi connectivity index (χ4v) is 2.11. The van der Waals surface area contributed by atoms with E-state index in [2.05, 4.69) is 20.3 Å². The van der Waals surface area contributed by atoms with Crippen molar-refractivity contribution in [3.8, 4) is 11.4 Å². The van der Waals surface area contributed by atoms with E-state index in [1.807, 2.05) is 36.4 Å². The minimum absolute atomic E-state index is 0.00993. The number of nitrogens with one attached hydrogen (secondary N) is 1. The molecule has 2 aromatic heterocycles. The standard InChI is InChI=1S/C16H15FN4O/c17-12(10-22)9-19-16-13-5-1-2-6-14(13)20-15(21-16)11-4-3-7-18-8-11/h1-8,12,22H,9-10H2,(H,19,20,21). The van der Waals surface area contributed by atoms with Crippen molar-refractivity contribution in [1.29, 1.82) is 0 Å². The van der Waals surface area contributed by atoms with E-state index in [4.69, 9.17) is 5.11 Å². The number of halogens is 1. The molecular weight excluding hydrogens is 283 g/mol. The van der Waals surface area contributed by atoms with Gasteiger partial charge in [0.05, 0.1) is 12.1 Å². The monoisotopic (exact) mass is 298 g/mol. The maximum atomic E-state index is 13.3. The summed E-state index contributed by atoms with van der Waals surface area (Å²) < 4.78 is 13.3. The summed E-state index contributed by atoms with van der Waals surface area (Å²) in [7, 11) is 0. The van der Waals surface area contributed by atoms with Crippen LogP contribution in [0.2, 0.25) is 0 Å². The van der Waals surface area contributed by atoms with Gasteiger partial charge in [0.2, 0.25) is 0 Å². The van der Waals surface area contributed by atoms with Gasteiger partial charge in [-0.3, -0.25) is 4.98 Å². The van der Waals surface area contributed by atoms with Crippen LogP contribution >= 0.6 is 0 Å². The summed E-state index contributed by atoms with van der Waals surface area (Å²) in [6, 6.07) is 11.2. The van der Waals surface area contributed by atoms with Crippen LogP contribution in [-0.4, -0.2) is 39.4 Å². The van der Waals surface area contributed by atoms with Gasteiger partial charge in [-0.2, -0.15) is 0 Å². The van der Waals surface area contributed by atoms with Crippen LogP contribution in [0, 0.1) is 0 Å². The first kappa shape index (κ1) is 14.3. The first-order valence-corrected chi connectivity index (χ1v) is 6.94. The SMILES string of the molecule is OCC(F)CNc1nc(-c2cccnc2)nc2ccccc12. The highest BCUT2D eigenvalue weighted by molar-refractivity contribution is 5.90. The van der Waals surface area contributed by atoms with Crippen molar-refractivity contribution in [2.24, 2.45) is 0 Å². The van der Waals surface area contributed by atoms with Gasteiger partial charge in [0.25, 0.3) is 0 Å². The van der Waals surface area contributed by atoms with Gasteiger partial charge in [-0.15, -0.1) is 0 Å². The normalized spacial score (nSPS) is 12.3. The first-order valence-electron chi connectivity index (χ1n) is 6.94. The maximum Gasteiger partial charge on any atom is 0.163 e. The summed E-state index contributed by atoms with van der Waals surface area (Å²) in [5, 5.41) is 12.6. The molecule has 0 amide bonds. The third-order valence-corrected chi connectivity index (χ3v) is 3.21. The number of rotatable bonds is 5. The molecule has 5 nitrogen and oxygen atoms in total. The predicted molar refractivity (Wildman–Crippen MR) is 83.2 cm³/mol. The lowest BCUT2D eigenvalue weighted by Gasteiger charge is -2.12. The Bertz CT molecular complexity index is 766. The number of para-hydroxylation sites is 1. The molecule has 0 bridgehead atoms. The molecule has 0 saturated heterocycles. The van der Waals surface area contributed by atoms with Crippen molar-refractivity contribution < 1.29 is 9.50 Å². The van der Waals surface area contributed by atoms with Crippen LogP contribution in [0.1, 0.15) is 0 Å². The minimum Gasteiger partial charge on any atom is -0.393 e. The Morgan fingerprint density at radius 2 is 2.00 bits per heavy atom. The second-order valence-corrected chi connectivity index (χ2v) is 4.82. The average Bonchev–Trinajstić information content (AvgIpc) is 2.59. The lowest BCUT2D eigenvalue weighted by Crippen LogP contribution is -2.19. The number of hydrogen-bond donors (Lipinski definition) is 2. The Labute approximate surface area is 126 Å². The molecular formula is C16H15FN4O. The van der Waals surface area contributed by atoms with Crippen molar-refractivity contribution in [3.63, 3.8) is 0 Å². The third kappa shape index (κ3) is 3.01. The van der Waals surface area contributed by atoms with E-state index < -0.39 is 12.8 Å². The van der Waals surface area contributed by atoms with Crippen LogP contribution in [-0.2, 0) is 0 Å². The third-order valence-electron chi connectivity index (χ3n) is 3.21. The molecule has 3 rings (SSSR count). The van der Waals surface area contributed by atoms with Crippen LogP contribution in [0.4, 0.5) is 10.2 Å². The van der Waals surface area contributed by atoms with Crippen molar-refractivity contribution in [2.75, 3.05) is 18.5 Å². The van der Waals surface area contributed by atoms with E-state index >= 15 is 0 Å². The Morgan fingerprint density at radius 3 is 2.77 bits per heavy atom. The fraction of sp³-hybridized carbons (Fsp3) is 0.188. The van der Waals surface area contributed by atoms with E-state index in [0.717, 1.165) is 16.5 Å². The predicted octanol–water partition coefficient (Wildman–Crippen LogP) is 2.43. The molecule has 6 heteroatoms. The number of fused-ring (bicyclic) bond motifs is 1. The second kappa shape index (κ2) is 6.44. The molecule has 0 fully saturated rings. The zero-order valence-corrected chi connectivity index (χ0v) is 11.8. The Morgan fingerprint density at radius 1 is 1.14 bits per heavy atom. The van der Waals surface area contributed by atoms with Gasteiger partial charge in [0, 0.05) is 29.9 Å². The molecule has 1 unspecified atom stereocenters. The van der Waals surface area contributed by atoms with E-state index in [0.29, 0.717) is 11.6 Å². The highest BCUT2D eigenvalue weighted by Crippen LogP contribution is 2.24. The van der Waals surface area contributed by atoms with E-state index in [9.17, 15) is 4.39 Å². The number of hydrogen-bond acceptors (Lipinski definition) is 5. The summed E-state index contributed by atoms with van der Waals surface area (Å²) in [6.45, 7) is -0.532. The summed E-state index contributed by atoms with van der Waals surface area (Å²) in [6.07, 6.45) is 2.02. The minimum atomic E-state index is -1.34. The van der Waals surface area contributed by atoms with Crippen molar-refractivity contribution >= 4 is 16.7 Å². The molecule has 22 heavy (non-hydrogen) atoms. The van der Waals surface area contributed by atoms with E-state index in [1.165, 1.54) is 0 Å². The zero-order valence-electron chi connectivity index (χ0n) is 11.8. The lowest BCUT2D eigenvalue weighted by molar-refractivity contribution is 0.186. The van der Waals surface area contributed by atoms with Gasteiger partial charge < -0.3 is 10.4 Å². The number of aliphatic hydroxyl groups excluding tert-OH is 1. The molecule has 1 aromatic carbocycles. The quantitative estimate of drug-likeness (QED) is 0.757. The smallest absolute Gasteiger partial charge is 0.163 e. The number of pyridine rings is 1. The molecule has 0 spiro atoms. The second-order valence-electron chi connectivity index (χ2n) is 4.82. The van der Waals surface area contributed by atoms with Gasteiger partial charge in [-0.25, -0.2) is 14.4 Å². The average molecular weight is 298 g/mol. The van der Waals surface area contributed by atoms with Gasteiger partial charge in [-0.1, -0.05) is 12.1 Å².